The minimum absolute atomic E-state index is 0. The molecule has 0 aliphatic heterocycles. The van der Waals surface area contributed by atoms with E-state index in [0.717, 1.165) is 42.1 Å². The smallest absolute Gasteiger partial charge is 0.548 e. The van der Waals surface area contributed by atoms with Crippen molar-refractivity contribution in [2.45, 2.75) is 52.2 Å². The van der Waals surface area contributed by atoms with E-state index in [4.69, 9.17) is 0 Å². The molecule has 208 valence electrons. The zero-order valence-corrected chi connectivity index (χ0v) is 24.5. The van der Waals surface area contributed by atoms with Gasteiger partial charge in [-0.25, -0.2) is 8.78 Å². The van der Waals surface area contributed by atoms with Crippen LogP contribution in [0.1, 0.15) is 53.2 Å². The van der Waals surface area contributed by atoms with Gasteiger partial charge in [0.25, 0.3) is 5.91 Å². The molecule has 1 amide bonds. The van der Waals surface area contributed by atoms with Crippen molar-refractivity contribution < 1.29 is 42.3 Å². The summed E-state index contributed by atoms with van der Waals surface area (Å²) in [6.45, 7) is 5.66. The Kier molecular flexibility index (Phi) is 13.9. The number of hydrogen-bond donors (Lipinski definition) is 1. The topological polar surface area (TPSA) is 72.5 Å². The molecule has 0 fully saturated rings. The third-order valence-electron chi connectivity index (χ3n) is 6.53. The molecule has 1 unspecified atom stereocenters. The summed E-state index contributed by atoms with van der Waals surface area (Å²) in [6, 6.07) is 15.7. The van der Waals surface area contributed by atoms with Crippen LogP contribution in [0.15, 0.2) is 60.7 Å². The third kappa shape index (κ3) is 9.78. The molecule has 5 nitrogen and oxygen atoms in total. The van der Waals surface area contributed by atoms with E-state index < -0.39 is 29.6 Å². The van der Waals surface area contributed by atoms with Gasteiger partial charge in [-0.3, -0.25) is 9.69 Å². The normalized spacial score (nSPS) is 11.7. The number of aliphatic carboxylic acids is 1. The van der Waals surface area contributed by atoms with E-state index >= 15 is 0 Å². The van der Waals surface area contributed by atoms with Gasteiger partial charge in [0.05, 0.1) is 12.0 Å². The van der Waals surface area contributed by atoms with Crippen molar-refractivity contribution in [3.8, 4) is 11.1 Å². The quantitative estimate of drug-likeness (QED) is 0.307. The fourth-order valence-electron chi connectivity index (χ4n) is 4.52. The molecule has 0 bridgehead atoms. The van der Waals surface area contributed by atoms with Crippen LogP contribution in [0.4, 0.5) is 8.78 Å². The van der Waals surface area contributed by atoms with Gasteiger partial charge in [0.2, 0.25) is 0 Å². The Bertz CT molecular complexity index is 1270. The zero-order valence-electron chi connectivity index (χ0n) is 23.6. The molecule has 3 rings (SSSR count). The Labute approximate surface area is 251 Å². The Morgan fingerprint density at radius 3 is 2.27 bits per heavy atom. The second-order valence-corrected chi connectivity index (χ2v) is 10.6. The summed E-state index contributed by atoms with van der Waals surface area (Å²) in [4.78, 5) is 27.1. The number of carbonyl (C=O) groups excluding carboxylic acids is 2. The van der Waals surface area contributed by atoms with Gasteiger partial charge in [-0.2, -0.15) is 11.8 Å². The van der Waals surface area contributed by atoms with Crippen LogP contribution in [-0.4, -0.2) is 41.4 Å². The Morgan fingerprint density at radius 1 is 0.975 bits per heavy atom. The van der Waals surface area contributed by atoms with Crippen molar-refractivity contribution in [1.29, 1.82) is 0 Å². The summed E-state index contributed by atoms with van der Waals surface area (Å²) in [5.41, 5.74) is 4.38. The summed E-state index contributed by atoms with van der Waals surface area (Å²) >= 11 is 1.50. The number of halogens is 2. The molecule has 0 spiro atoms. The first kappa shape index (κ1) is 33.6. The van der Waals surface area contributed by atoms with Gasteiger partial charge < -0.3 is 15.2 Å². The molecule has 0 saturated heterocycles. The fraction of sp³-hybridized carbons (Fsp3) is 0.355. The van der Waals surface area contributed by atoms with Gasteiger partial charge in [0, 0.05) is 24.7 Å². The second kappa shape index (κ2) is 16.6. The van der Waals surface area contributed by atoms with Crippen molar-refractivity contribution in [2.75, 3.05) is 18.6 Å². The minimum atomic E-state index is -1.31. The van der Waals surface area contributed by atoms with Gasteiger partial charge >= 0.3 is 18.9 Å². The number of nitrogens with one attached hydrogen (secondary N) is 1. The Balaban J connectivity index is 0.00000560. The molecule has 40 heavy (non-hydrogen) atoms. The molecule has 9 heteroatoms. The molecule has 0 aliphatic carbocycles. The summed E-state index contributed by atoms with van der Waals surface area (Å²) in [6.07, 6.45) is 4.03. The van der Waals surface area contributed by atoms with Gasteiger partial charge in [0.15, 0.2) is 0 Å². The number of hydrogen-bond acceptors (Lipinski definition) is 5. The van der Waals surface area contributed by atoms with Gasteiger partial charge in [-0.15, -0.1) is 0 Å². The van der Waals surface area contributed by atoms with E-state index in [1.807, 2.05) is 49.6 Å². The molecule has 3 aromatic carbocycles. The maximum absolute atomic E-state index is 13.8. The van der Waals surface area contributed by atoms with E-state index in [-0.39, 0.29) is 25.3 Å². The van der Waals surface area contributed by atoms with Crippen LogP contribution in [-0.2, 0) is 17.9 Å². The maximum atomic E-state index is 13.8. The van der Waals surface area contributed by atoms with Crippen molar-refractivity contribution in [1.82, 2.24) is 10.2 Å². The maximum Gasteiger partial charge on any atom is 1.00 e. The van der Waals surface area contributed by atoms with Crippen molar-refractivity contribution in [3.05, 3.63) is 94.6 Å². The van der Waals surface area contributed by atoms with Crippen LogP contribution in [0.2, 0.25) is 0 Å². The largest absolute Gasteiger partial charge is 1.00 e. The summed E-state index contributed by atoms with van der Waals surface area (Å²) < 4.78 is 27.7. The van der Waals surface area contributed by atoms with Gasteiger partial charge in [-0.1, -0.05) is 43.7 Å². The monoisotopic (exact) mass is 560 g/mol. The number of aryl methyl sites for hydroxylation is 1. The molecule has 0 radical (unpaired) electrons. The van der Waals surface area contributed by atoms with Crippen LogP contribution in [0.25, 0.3) is 11.1 Å². The first-order valence-electron chi connectivity index (χ1n) is 13.1. The fourth-order valence-corrected chi connectivity index (χ4v) is 4.99. The number of benzene rings is 3. The second-order valence-electron chi connectivity index (χ2n) is 9.66. The molecule has 0 saturated carbocycles. The molecule has 1 N–H and O–H groups in total. The van der Waals surface area contributed by atoms with E-state index in [2.05, 4.69) is 17.1 Å². The molecular formula is C31H35F2LiN2O3S. The SMILES string of the molecule is CCCCN(Cc1cc(F)cc(F)c1)Cc1ccc(C(=O)NC(CCSC)C(=O)[O-])c(-c2ccccc2C)c1.[Li+]. The number of amides is 1. The standard InChI is InChI=1S/C31H36F2N2O3S.Li/c1-4-5-13-35(20-23-15-24(32)18-25(33)16-23)19-22-10-11-27(28(17-22)26-9-7-6-8-21(26)2)30(36)34-29(31(37)38)12-14-39-3;/h6-11,15-18,29H,4-5,12-14,19-20H2,1-3H3,(H,34,36)(H,37,38);/q;+1/p-1. The number of carboxylic acid groups (broad SMARTS) is 1. The number of carboxylic acids is 1. The first-order chi connectivity index (χ1) is 18.7. The van der Waals surface area contributed by atoms with Crippen molar-refractivity contribution >= 4 is 23.6 Å². The van der Waals surface area contributed by atoms with E-state index in [1.54, 1.807) is 6.07 Å². The van der Waals surface area contributed by atoms with E-state index in [0.29, 0.717) is 35.5 Å². The summed E-state index contributed by atoms with van der Waals surface area (Å²) in [5, 5.41) is 14.3. The molecule has 3 aromatic rings. The predicted molar refractivity (Wildman–Crippen MR) is 151 cm³/mol. The minimum Gasteiger partial charge on any atom is -0.548 e. The van der Waals surface area contributed by atoms with Crippen LogP contribution in [0.3, 0.4) is 0 Å². The summed E-state index contributed by atoms with van der Waals surface area (Å²) in [7, 11) is 0. The third-order valence-corrected chi connectivity index (χ3v) is 7.17. The van der Waals surface area contributed by atoms with Gasteiger partial charge in [-0.05, 0) is 90.4 Å². The molecule has 0 heterocycles. The average Bonchev–Trinajstić information content (AvgIpc) is 2.89. The van der Waals surface area contributed by atoms with Crippen molar-refractivity contribution in [2.24, 2.45) is 0 Å². The average molecular weight is 561 g/mol. The zero-order chi connectivity index (χ0) is 28.4. The number of unbranched alkanes of at least 4 members (excludes halogenated alkanes) is 1. The number of carbonyl (C=O) groups is 2. The number of thioether (sulfide) groups is 1. The predicted octanol–water partition coefficient (Wildman–Crippen LogP) is 2.35. The van der Waals surface area contributed by atoms with Crippen LogP contribution in [0, 0.1) is 18.6 Å². The van der Waals surface area contributed by atoms with E-state index in [1.165, 1.54) is 23.9 Å². The van der Waals surface area contributed by atoms with Crippen LogP contribution in [0.5, 0.6) is 0 Å². The van der Waals surface area contributed by atoms with Crippen molar-refractivity contribution in [3.63, 3.8) is 0 Å². The van der Waals surface area contributed by atoms with Gasteiger partial charge in [0.1, 0.15) is 11.6 Å². The molecule has 0 aromatic heterocycles. The van der Waals surface area contributed by atoms with E-state index in [9.17, 15) is 23.5 Å². The number of rotatable bonds is 14. The Morgan fingerprint density at radius 2 is 1.65 bits per heavy atom. The molecule has 0 aliphatic rings. The van der Waals surface area contributed by atoms with Crippen LogP contribution < -0.4 is 29.3 Å². The summed E-state index contributed by atoms with van der Waals surface area (Å²) in [5.74, 6) is -2.43. The Hall–Kier alpha value is -2.63. The molecular weight excluding hydrogens is 525 g/mol. The van der Waals surface area contributed by atoms with Crippen LogP contribution >= 0.6 is 11.8 Å². The molecule has 1 atom stereocenters. The number of nitrogens with zero attached hydrogens (tertiary/aromatic N) is 1. The first-order valence-corrected chi connectivity index (χ1v) is 14.5.